The van der Waals surface area contributed by atoms with Crippen LogP contribution in [-0.2, 0) is 10.0 Å². The van der Waals surface area contributed by atoms with Crippen molar-refractivity contribution in [2.75, 3.05) is 7.05 Å². The molecule has 0 unspecified atom stereocenters. The Balaban J connectivity index is 2.28. The van der Waals surface area contributed by atoms with E-state index in [1.807, 2.05) is 6.07 Å². The molecule has 5 nitrogen and oxygen atoms in total. The molecule has 1 saturated carbocycles. The van der Waals surface area contributed by atoms with Gasteiger partial charge < -0.3 is 5.73 Å². The van der Waals surface area contributed by atoms with Crippen LogP contribution in [0.2, 0.25) is 0 Å². The second kappa shape index (κ2) is 5.92. The molecule has 1 aliphatic carbocycles. The maximum absolute atomic E-state index is 12.6. The van der Waals surface area contributed by atoms with Gasteiger partial charge in [-0.2, -0.15) is 9.57 Å². The van der Waals surface area contributed by atoms with E-state index in [0.29, 0.717) is 0 Å². The van der Waals surface area contributed by atoms with E-state index in [9.17, 15) is 8.42 Å². The molecule has 0 radical (unpaired) electrons. The molecular weight excluding hydrogens is 274 g/mol. The molecule has 1 aromatic carbocycles. The van der Waals surface area contributed by atoms with Gasteiger partial charge in [0.15, 0.2) is 0 Å². The first-order chi connectivity index (χ1) is 9.46. The van der Waals surface area contributed by atoms with Crippen LogP contribution in [0.15, 0.2) is 29.2 Å². The fourth-order valence-corrected chi connectivity index (χ4v) is 4.16. The van der Waals surface area contributed by atoms with Crippen LogP contribution in [0.1, 0.15) is 31.2 Å². The van der Waals surface area contributed by atoms with E-state index >= 15 is 0 Å². The third-order valence-electron chi connectivity index (χ3n) is 3.92. The van der Waals surface area contributed by atoms with Crippen LogP contribution in [0.5, 0.6) is 0 Å². The molecule has 2 rings (SSSR count). The zero-order valence-corrected chi connectivity index (χ0v) is 12.3. The standard InChI is InChI=1S/C14H19N3O2S/c1-17(13-8-6-12(16)7-9-13)20(18,19)14-5-3-2-4-11(14)10-15/h2-5,12-13H,6-9,16H2,1H3. The Morgan fingerprint density at radius 3 is 2.45 bits per heavy atom. The summed E-state index contributed by atoms with van der Waals surface area (Å²) in [7, 11) is -2.04. The van der Waals surface area contributed by atoms with E-state index < -0.39 is 10.0 Å². The van der Waals surface area contributed by atoms with Crippen LogP contribution in [0.25, 0.3) is 0 Å². The van der Waals surface area contributed by atoms with Crippen molar-refractivity contribution in [3.8, 4) is 6.07 Å². The lowest BCUT2D eigenvalue weighted by Gasteiger charge is -2.32. The first-order valence-corrected chi connectivity index (χ1v) is 8.13. The number of hydrogen-bond donors (Lipinski definition) is 1. The van der Waals surface area contributed by atoms with Crippen molar-refractivity contribution < 1.29 is 8.42 Å². The topological polar surface area (TPSA) is 87.2 Å². The van der Waals surface area contributed by atoms with Crippen LogP contribution in [0.3, 0.4) is 0 Å². The Morgan fingerprint density at radius 1 is 1.25 bits per heavy atom. The summed E-state index contributed by atoms with van der Waals surface area (Å²) in [5, 5.41) is 9.06. The minimum absolute atomic E-state index is 0.0356. The molecule has 0 atom stereocenters. The normalized spacial score (nSPS) is 23.5. The number of nitrogens with zero attached hydrogens (tertiary/aromatic N) is 2. The maximum atomic E-state index is 12.6. The smallest absolute Gasteiger partial charge is 0.244 e. The third-order valence-corrected chi connectivity index (χ3v) is 5.89. The highest BCUT2D eigenvalue weighted by Gasteiger charge is 2.31. The van der Waals surface area contributed by atoms with Crippen LogP contribution in [0, 0.1) is 11.3 Å². The van der Waals surface area contributed by atoms with Crippen LogP contribution < -0.4 is 5.73 Å². The molecule has 0 heterocycles. The van der Waals surface area contributed by atoms with E-state index in [1.165, 1.54) is 16.4 Å². The molecule has 2 N–H and O–H groups in total. The Bertz CT molecular complexity index is 614. The summed E-state index contributed by atoms with van der Waals surface area (Å²) < 4.78 is 26.7. The fraction of sp³-hybridized carbons (Fsp3) is 0.500. The molecular formula is C14H19N3O2S. The third kappa shape index (κ3) is 2.85. The number of rotatable bonds is 3. The zero-order chi connectivity index (χ0) is 14.8. The Morgan fingerprint density at radius 2 is 1.85 bits per heavy atom. The number of hydrogen-bond acceptors (Lipinski definition) is 4. The second-order valence-electron chi connectivity index (χ2n) is 5.20. The Kier molecular flexibility index (Phi) is 4.43. The van der Waals surface area contributed by atoms with Crippen molar-refractivity contribution in [3.05, 3.63) is 29.8 Å². The van der Waals surface area contributed by atoms with Gasteiger partial charge in [-0.25, -0.2) is 8.42 Å². The number of benzene rings is 1. The monoisotopic (exact) mass is 293 g/mol. The minimum atomic E-state index is -3.63. The van der Waals surface area contributed by atoms with Gasteiger partial charge in [0.25, 0.3) is 0 Å². The Hall–Kier alpha value is -1.42. The maximum Gasteiger partial charge on any atom is 0.244 e. The van der Waals surface area contributed by atoms with E-state index in [4.69, 9.17) is 11.0 Å². The highest BCUT2D eigenvalue weighted by Crippen LogP contribution is 2.27. The van der Waals surface area contributed by atoms with Gasteiger partial charge in [-0.05, 0) is 37.8 Å². The average molecular weight is 293 g/mol. The molecule has 1 aliphatic rings. The van der Waals surface area contributed by atoms with Gasteiger partial charge in [0.2, 0.25) is 10.0 Å². The van der Waals surface area contributed by atoms with Gasteiger partial charge in [-0.3, -0.25) is 0 Å². The molecule has 0 aliphatic heterocycles. The summed E-state index contributed by atoms with van der Waals surface area (Å²) in [4.78, 5) is 0.0832. The number of nitrogens with two attached hydrogens (primary N) is 1. The first-order valence-electron chi connectivity index (χ1n) is 6.69. The predicted octanol–water partition coefficient (Wildman–Crippen LogP) is 1.45. The lowest BCUT2D eigenvalue weighted by Crippen LogP contribution is -2.41. The molecule has 6 heteroatoms. The van der Waals surface area contributed by atoms with Gasteiger partial charge in [-0.15, -0.1) is 0 Å². The summed E-state index contributed by atoms with van der Waals surface area (Å²) in [6, 6.07) is 8.39. The summed E-state index contributed by atoms with van der Waals surface area (Å²) in [6.45, 7) is 0. The van der Waals surface area contributed by atoms with E-state index in [-0.39, 0.29) is 22.5 Å². The fourth-order valence-electron chi connectivity index (χ4n) is 2.60. The first kappa shape index (κ1) is 15.0. The summed E-state index contributed by atoms with van der Waals surface area (Å²) in [5.74, 6) is 0. The molecule has 20 heavy (non-hydrogen) atoms. The molecule has 1 aromatic rings. The quantitative estimate of drug-likeness (QED) is 0.913. The van der Waals surface area contributed by atoms with E-state index in [0.717, 1.165) is 25.7 Å². The minimum Gasteiger partial charge on any atom is -0.328 e. The molecule has 1 fully saturated rings. The average Bonchev–Trinajstić information content (AvgIpc) is 2.47. The van der Waals surface area contributed by atoms with Gasteiger partial charge >= 0.3 is 0 Å². The predicted molar refractivity (Wildman–Crippen MR) is 76.3 cm³/mol. The lowest BCUT2D eigenvalue weighted by molar-refractivity contribution is 0.268. The van der Waals surface area contributed by atoms with Crippen LogP contribution in [-0.4, -0.2) is 31.9 Å². The highest BCUT2D eigenvalue weighted by molar-refractivity contribution is 7.89. The molecule has 0 spiro atoms. The van der Waals surface area contributed by atoms with Crippen molar-refractivity contribution >= 4 is 10.0 Å². The molecule has 0 saturated heterocycles. The van der Waals surface area contributed by atoms with Crippen molar-refractivity contribution in [1.29, 1.82) is 5.26 Å². The molecule has 0 amide bonds. The van der Waals surface area contributed by atoms with Crippen molar-refractivity contribution in [2.24, 2.45) is 5.73 Å². The SMILES string of the molecule is CN(C1CCC(N)CC1)S(=O)(=O)c1ccccc1C#N. The van der Waals surface area contributed by atoms with Crippen molar-refractivity contribution in [1.82, 2.24) is 4.31 Å². The molecule has 108 valence electrons. The van der Waals surface area contributed by atoms with E-state index in [1.54, 1.807) is 19.2 Å². The summed E-state index contributed by atoms with van der Waals surface area (Å²) in [6.07, 6.45) is 3.21. The number of nitriles is 1. The molecule has 0 aromatic heterocycles. The summed E-state index contributed by atoms with van der Waals surface area (Å²) >= 11 is 0. The number of sulfonamides is 1. The summed E-state index contributed by atoms with van der Waals surface area (Å²) in [5.41, 5.74) is 6.04. The molecule has 0 bridgehead atoms. The van der Waals surface area contributed by atoms with Gasteiger partial charge in [0.1, 0.15) is 6.07 Å². The van der Waals surface area contributed by atoms with Crippen molar-refractivity contribution in [2.45, 2.75) is 42.7 Å². The lowest BCUT2D eigenvalue weighted by atomic mass is 9.92. The highest BCUT2D eigenvalue weighted by atomic mass is 32.2. The van der Waals surface area contributed by atoms with Crippen molar-refractivity contribution in [3.63, 3.8) is 0 Å². The second-order valence-corrected chi connectivity index (χ2v) is 7.16. The van der Waals surface area contributed by atoms with E-state index in [2.05, 4.69) is 0 Å². The van der Waals surface area contributed by atoms with Crippen LogP contribution in [0.4, 0.5) is 0 Å². The Labute approximate surface area is 120 Å². The van der Waals surface area contributed by atoms with Crippen LogP contribution >= 0.6 is 0 Å². The van der Waals surface area contributed by atoms with Gasteiger partial charge in [-0.1, -0.05) is 12.1 Å². The van der Waals surface area contributed by atoms with Gasteiger partial charge in [0, 0.05) is 19.1 Å². The largest absolute Gasteiger partial charge is 0.328 e. The van der Waals surface area contributed by atoms with Gasteiger partial charge in [0.05, 0.1) is 10.5 Å². The zero-order valence-electron chi connectivity index (χ0n) is 11.5.